The van der Waals surface area contributed by atoms with Crippen molar-refractivity contribution in [2.75, 3.05) is 19.7 Å². The Balaban J connectivity index is 1.25. The molecule has 2 unspecified atom stereocenters. The number of imide groups is 2. The number of nitrogens with zero attached hydrogens (tertiary/aromatic N) is 1. The van der Waals surface area contributed by atoms with Crippen LogP contribution in [0, 0.1) is 0 Å². The maximum Gasteiger partial charge on any atom is 0.262 e. The first-order valence-corrected chi connectivity index (χ1v) is 10.9. The lowest BCUT2D eigenvalue weighted by Crippen LogP contribution is -2.54. The first-order chi connectivity index (χ1) is 15.0. The minimum Gasteiger partial charge on any atom is -0.373 e. The van der Waals surface area contributed by atoms with E-state index in [-0.39, 0.29) is 30.4 Å². The van der Waals surface area contributed by atoms with Crippen molar-refractivity contribution >= 4 is 23.6 Å². The van der Waals surface area contributed by atoms with Crippen molar-refractivity contribution in [2.45, 2.75) is 56.3 Å². The molecule has 4 aliphatic heterocycles. The number of nitrogens with one attached hydrogen (secondary N) is 3. The normalized spacial score (nSPS) is 27.7. The van der Waals surface area contributed by atoms with Crippen LogP contribution in [0.3, 0.4) is 0 Å². The summed E-state index contributed by atoms with van der Waals surface area (Å²) in [6, 6.07) is 4.52. The van der Waals surface area contributed by atoms with Gasteiger partial charge >= 0.3 is 0 Å². The number of rotatable bonds is 4. The molecular formula is C22H26N4O5. The van der Waals surface area contributed by atoms with Crippen LogP contribution in [0.1, 0.15) is 58.4 Å². The Morgan fingerprint density at radius 1 is 1.10 bits per heavy atom. The zero-order chi connectivity index (χ0) is 21.6. The minimum absolute atomic E-state index is 0.0221. The lowest BCUT2D eigenvalue weighted by Gasteiger charge is -2.32. The summed E-state index contributed by atoms with van der Waals surface area (Å²) in [6.45, 7) is 3.20. The van der Waals surface area contributed by atoms with Gasteiger partial charge in [0.2, 0.25) is 11.8 Å². The number of hydrogen-bond acceptors (Lipinski definition) is 7. The zero-order valence-electron chi connectivity index (χ0n) is 17.2. The van der Waals surface area contributed by atoms with Crippen LogP contribution >= 0.6 is 0 Å². The molecule has 1 aromatic rings. The van der Waals surface area contributed by atoms with Gasteiger partial charge < -0.3 is 15.4 Å². The minimum atomic E-state index is -0.941. The fraction of sp³-hybridized carbons (Fsp3) is 0.545. The maximum atomic E-state index is 12.9. The number of ether oxygens (including phenoxy) is 1. The molecule has 0 aromatic heterocycles. The molecule has 4 heterocycles. The molecule has 3 saturated heterocycles. The van der Waals surface area contributed by atoms with Crippen LogP contribution in [-0.4, -0.2) is 65.9 Å². The van der Waals surface area contributed by atoms with Gasteiger partial charge in [0.25, 0.3) is 11.8 Å². The molecule has 3 fully saturated rings. The van der Waals surface area contributed by atoms with Crippen LogP contribution in [0.2, 0.25) is 0 Å². The van der Waals surface area contributed by atoms with Crippen molar-refractivity contribution < 1.29 is 23.9 Å². The molecule has 1 spiro atoms. The molecule has 2 atom stereocenters. The van der Waals surface area contributed by atoms with E-state index in [1.54, 1.807) is 12.1 Å². The first-order valence-electron chi connectivity index (χ1n) is 10.9. The maximum absolute atomic E-state index is 12.9. The van der Waals surface area contributed by atoms with Crippen molar-refractivity contribution in [3.63, 3.8) is 0 Å². The van der Waals surface area contributed by atoms with Gasteiger partial charge in [-0.05, 0) is 56.5 Å². The molecule has 5 rings (SSSR count). The van der Waals surface area contributed by atoms with Crippen molar-refractivity contribution in [2.24, 2.45) is 0 Å². The van der Waals surface area contributed by atoms with Gasteiger partial charge in [-0.25, -0.2) is 0 Å². The quantitative estimate of drug-likeness (QED) is 0.584. The van der Waals surface area contributed by atoms with Gasteiger partial charge in [0.05, 0.1) is 23.3 Å². The fourth-order valence-electron chi connectivity index (χ4n) is 5.10. The number of piperidine rings is 2. The summed E-state index contributed by atoms with van der Waals surface area (Å²) in [6.07, 6.45) is 3.29. The number of amides is 4. The van der Waals surface area contributed by atoms with Gasteiger partial charge in [0.1, 0.15) is 6.04 Å². The van der Waals surface area contributed by atoms with E-state index in [9.17, 15) is 19.2 Å². The second-order valence-electron chi connectivity index (χ2n) is 8.85. The third-order valence-corrected chi connectivity index (χ3v) is 6.82. The molecule has 0 radical (unpaired) electrons. The summed E-state index contributed by atoms with van der Waals surface area (Å²) >= 11 is 0. The topological polar surface area (TPSA) is 117 Å². The molecule has 4 aliphatic rings. The van der Waals surface area contributed by atoms with E-state index >= 15 is 0 Å². The van der Waals surface area contributed by atoms with Crippen molar-refractivity contribution in [3.8, 4) is 0 Å². The highest BCUT2D eigenvalue weighted by Gasteiger charge is 2.45. The van der Waals surface area contributed by atoms with E-state index in [1.165, 1.54) is 0 Å². The number of benzene rings is 1. The van der Waals surface area contributed by atoms with Crippen molar-refractivity contribution in [1.29, 1.82) is 0 Å². The van der Waals surface area contributed by atoms with Gasteiger partial charge in [-0.15, -0.1) is 0 Å². The third-order valence-electron chi connectivity index (χ3n) is 6.82. The second-order valence-corrected chi connectivity index (χ2v) is 8.85. The predicted molar refractivity (Wildman–Crippen MR) is 109 cm³/mol. The highest BCUT2D eigenvalue weighted by atomic mass is 16.5. The Hall–Kier alpha value is -2.62. The summed E-state index contributed by atoms with van der Waals surface area (Å²) in [5.41, 5.74) is 1.49. The van der Waals surface area contributed by atoms with Gasteiger partial charge in [-0.3, -0.25) is 29.4 Å². The Kier molecular flexibility index (Phi) is 5.11. The molecule has 4 amide bonds. The molecule has 1 aromatic carbocycles. The van der Waals surface area contributed by atoms with Gasteiger partial charge in [-0.1, -0.05) is 6.07 Å². The van der Waals surface area contributed by atoms with Gasteiger partial charge in [-0.2, -0.15) is 0 Å². The molecular weight excluding hydrogens is 400 g/mol. The molecule has 0 bridgehead atoms. The Morgan fingerprint density at radius 2 is 1.87 bits per heavy atom. The van der Waals surface area contributed by atoms with Crippen LogP contribution in [0.4, 0.5) is 0 Å². The van der Waals surface area contributed by atoms with E-state index in [1.807, 2.05) is 6.07 Å². The standard InChI is InChI=1S/C22H26N4O5/c27-18-4-3-17(19(28)25-18)26-20(29)15-2-1-13(9-16(15)21(26)30)11-24-14-10-22(31-12-14)5-7-23-8-6-22/h1-2,9,14,17,23-24H,3-8,10-12H2,(H,25,27,28). The van der Waals surface area contributed by atoms with Crippen LogP contribution in [0.5, 0.6) is 0 Å². The Labute approximate surface area is 179 Å². The molecule has 9 heteroatoms. The van der Waals surface area contributed by atoms with Crippen LogP contribution < -0.4 is 16.0 Å². The molecule has 164 valence electrons. The average molecular weight is 426 g/mol. The number of hydrogen-bond donors (Lipinski definition) is 3. The van der Waals surface area contributed by atoms with Gasteiger partial charge in [0.15, 0.2) is 0 Å². The Bertz CT molecular complexity index is 955. The molecule has 0 aliphatic carbocycles. The highest BCUT2D eigenvalue weighted by molar-refractivity contribution is 6.23. The first kappa shape index (κ1) is 20.3. The number of carbonyl (C=O) groups excluding carboxylic acids is 4. The highest BCUT2D eigenvalue weighted by Crippen LogP contribution is 2.34. The van der Waals surface area contributed by atoms with E-state index in [4.69, 9.17) is 4.74 Å². The van der Waals surface area contributed by atoms with Crippen molar-refractivity contribution in [1.82, 2.24) is 20.9 Å². The summed E-state index contributed by atoms with van der Waals surface area (Å²) in [5, 5.41) is 9.09. The zero-order valence-corrected chi connectivity index (χ0v) is 17.2. The van der Waals surface area contributed by atoms with Gasteiger partial charge in [0, 0.05) is 19.0 Å². The smallest absolute Gasteiger partial charge is 0.262 e. The molecule has 0 saturated carbocycles. The van der Waals surface area contributed by atoms with Crippen LogP contribution in [0.25, 0.3) is 0 Å². The van der Waals surface area contributed by atoms with Crippen molar-refractivity contribution in [3.05, 3.63) is 34.9 Å². The molecule has 9 nitrogen and oxygen atoms in total. The summed E-state index contributed by atoms with van der Waals surface area (Å²) in [7, 11) is 0. The largest absolute Gasteiger partial charge is 0.373 e. The van der Waals surface area contributed by atoms with E-state index in [2.05, 4.69) is 16.0 Å². The number of fused-ring (bicyclic) bond motifs is 1. The third kappa shape index (κ3) is 3.66. The molecule has 31 heavy (non-hydrogen) atoms. The lowest BCUT2D eigenvalue weighted by atomic mass is 9.88. The monoisotopic (exact) mass is 426 g/mol. The SMILES string of the molecule is O=C1CCC(N2C(=O)c3ccc(CNC4COC5(CCNCC5)C4)cc3C2=O)C(=O)N1. The lowest BCUT2D eigenvalue weighted by molar-refractivity contribution is -0.136. The van der Waals surface area contributed by atoms with E-state index in [0.717, 1.165) is 42.8 Å². The van der Waals surface area contributed by atoms with Crippen LogP contribution in [-0.2, 0) is 20.9 Å². The summed E-state index contributed by atoms with van der Waals surface area (Å²) in [4.78, 5) is 50.3. The second kappa shape index (κ2) is 7.81. The van der Waals surface area contributed by atoms with Crippen LogP contribution in [0.15, 0.2) is 18.2 Å². The average Bonchev–Trinajstić information content (AvgIpc) is 3.26. The van der Waals surface area contributed by atoms with E-state index < -0.39 is 23.8 Å². The predicted octanol–water partition coefficient (Wildman–Crippen LogP) is 0.0885. The number of carbonyl (C=O) groups is 4. The van der Waals surface area contributed by atoms with E-state index in [0.29, 0.717) is 24.3 Å². The Morgan fingerprint density at radius 3 is 2.65 bits per heavy atom. The summed E-state index contributed by atoms with van der Waals surface area (Å²) < 4.78 is 6.12. The summed E-state index contributed by atoms with van der Waals surface area (Å²) in [5.74, 6) is -1.94. The fourth-order valence-corrected chi connectivity index (χ4v) is 5.10. The molecule has 3 N–H and O–H groups in total.